The third-order valence-corrected chi connectivity index (χ3v) is 9.34. The van der Waals surface area contributed by atoms with Crippen LogP contribution in [0.25, 0.3) is 0 Å². The average molecular weight is 442 g/mol. The number of carbonyl (C=O) groups excluding carboxylic acids is 2. The largest absolute Gasteiger partial charge is 0.470 e. The average Bonchev–Trinajstić information content (AvgIpc) is 2.91. The first-order chi connectivity index (χ1) is 13.8. The quantitative estimate of drug-likeness (QED) is 0.484. The first kappa shape index (κ1) is 22.3. The molecular weight excluding hydrogens is 411 g/mol. The maximum absolute atomic E-state index is 12.8. The molecule has 8 nitrogen and oxygen atoms in total. The Labute approximate surface area is 175 Å². The molecule has 0 radical (unpaired) electrons. The molecule has 0 aromatic rings. The Morgan fingerprint density at radius 2 is 1.93 bits per heavy atom. The molecule has 168 valence electrons. The number of aliphatic hydroxyl groups excluding tert-OH is 1. The van der Waals surface area contributed by atoms with E-state index < -0.39 is 37.3 Å². The smallest absolute Gasteiger partial charge is 0.393 e. The molecule has 0 heterocycles. The summed E-state index contributed by atoms with van der Waals surface area (Å²) in [6.45, 7) is 3.09. The molecule has 0 saturated heterocycles. The molecule has 3 saturated carbocycles. The predicted molar refractivity (Wildman–Crippen MR) is 106 cm³/mol. The van der Waals surface area contributed by atoms with Crippen molar-refractivity contribution in [2.45, 2.75) is 70.5 Å². The second-order valence-electron chi connectivity index (χ2n) is 10.2. The molecule has 9 heteroatoms. The molecule has 4 aliphatic rings. The van der Waals surface area contributed by atoms with Gasteiger partial charge in [-0.3, -0.25) is 14.1 Å². The molecule has 4 rings (SSSR count). The van der Waals surface area contributed by atoms with Crippen molar-refractivity contribution in [2.75, 3.05) is 6.61 Å². The van der Waals surface area contributed by atoms with Gasteiger partial charge >= 0.3 is 7.82 Å². The van der Waals surface area contributed by atoms with Crippen LogP contribution in [0.5, 0.6) is 0 Å². The molecule has 4 N–H and O–H groups in total. The van der Waals surface area contributed by atoms with Gasteiger partial charge in [0.1, 0.15) is 12.2 Å². The van der Waals surface area contributed by atoms with Gasteiger partial charge in [-0.25, -0.2) is 4.57 Å². The van der Waals surface area contributed by atoms with Crippen LogP contribution < -0.4 is 0 Å². The number of aliphatic hydroxyl groups is 2. The molecule has 0 spiro atoms. The summed E-state index contributed by atoms with van der Waals surface area (Å²) in [7, 11) is -4.83. The van der Waals surface area contributed by atoms with Gasteiger partial charge in [-0.1, -0.05) is 19.4 Å². The summed E-state index contributed by atoms with van der Waals surface area (Å²) in [6, 6.07) is 0. The van der Waals surface area contributed by atoms with Crippen molar-refractivity contribution in [3.05, 3.63) is 11.6 Å². The van der Waals surface area contributed by atoms with Crippen molar-refractivity contribution in [3.63, 3.8) is 0 Å². The van der Waals surface area contributed by atoms with Crippen LogP contribution in [0.3, 0.4) is 0 Å². The molecule has 0 aromatic heterocycles. The van der Waals surface area contributed by atoms with E-state index in [1.807, 2.05) is 6.92 Å². The fraction of sp³-hybridized carbons (Fsp3) is 0.810. The minimum absolute atomic E-state index is 0.00547. The molecule has 7 atom stereocenters. The molecule has 0 aliphatic heterocycles. The minimum Gasteiger partial charge on any atom is -0.393 e. The Morgan fingerprint density at radius 3 is 2.60 bits per heavy atom. The van der Waals surface area contributed by atoms with Crippen molar-refractivity contribution < 1.29 is 38.7 Å². The van der Waals surface area contributed by atoms with Crippen molar-refractivity contribution in [2.24, 2.45) is 28.6 Å². The number of fused-ring (bicyclic) bond motifs is 5. The maximum atomic E-state index is 12.8. The number of hydrogen-bond acceptors (Lipinski definition) is 6. The molecule has 0 unspecified atom stereocenters. The van der Waals surface area contributed by atoms with Crippen molar-refractivity contribution >= 4 is 19.4 Å². The summed E-state index contributed by atoms with van der Waals surface area (Å²) in [6.07, 6.45) is 4.79. The lowest BCUT2D eigenvalue weighted by Gasteiger charge is -2.60. The standard InChI is InChI=1S/C21H31O8P/c1-19-7-5-13(22)9-12(19)3-4-14-15-6-8-21(25,17(24)11-29-30(26,27)28)20(15,2)10-16(23)18(14)19/h9,14-16,18,23,25H,3-8,10-11H2,1-2H3,(H2,26,27,28)/t14-,15+,16-,18+,19+,20+,21-/m0/s1. The van der Waals surface area contributed by atoms with Gasteiger partial charge in [0.2, 0.25) is 0 Å². The zero-order valence-corrected chi connectivity index (χ0v) is 18.3. The summed E-state index contributed by atoms with van der Waals surface area (Å²) in [5, 5.41) is 22.7. The summed E-state index contributed by atoms with van der Waals surface area (Å²) >= 11 is 0. The third-order valence-electron chi connectivity index (χ3n) is 8.87. The Hall–Kier alpha value is -0.890. The Morgan fingerprint density at radius 1 is 1.23 bits per heavy atom. The van der Waals surface area contributed by atoms with Crippen LogP contribution in [0.4, 0.5) is 0 Å². The molecule has 0 aromatic carbocycles. The van der Waals surface area contributed by atoms with Gasteiger partial charge in [0.05, 0.1) is 6.10 Å². The number of allylic oxidation sites excluding steroid dienone is 1. The van der Waals surface area contributed by atoms with Gasteiger partial charge in [-0.05, 0) is 67.8 Å². The van der Waals surface area contributed by atoms with Crippen LogP contribution in [-0.4, -0.2) is 49.9 Å². The van der Waals surface area contributed by atoms with E-state index in [9.17, 15) is 24.4 Å². The van der Waals surface area contributed by atoms with E-state index in [0.717, 1.165) is 18.4 Å². The lowest BCUT2D eigenvalue weighted by atomic mass is 9.45. The highest BCUT2D eigenvalue weighted by Crippen LogP contribution is 2.67. The number of Topliss-reactive ketones (excluding diaryl/α,β-unsaturated/α-hetero) is 1. The van der Waals surface area contributed by atoms with E-state index in [2.05, 4.69) is 11.4 Å². The zero-order valence-electron chi connectivity index (χ0n) is 17.4. The van der Waals surface area contributed by atoms with Crippen molar-refractivity contribution in [1.29, 1.82) is 0 Å². The van der Waals surface area contributed by atoms with E-state index in [1.54, 1.807) is 6.08 Å². The molecule has 4 aliphatic carbocycles. The van der Waals surface area contributed by atoms with Crippen LogP contribution in [0.15, 0.2) is 11.6 Å². The Bertz CT molecular complexity index is 848. The Kier molecular flexibility index (Phi) is 5.25. The number of hydrogen-bond donors (Lipinski definition) is 4. The molecule has 30 heavy (non-hydrogen) atoms. The van der Waals surface area contributed by atoms with Crippen LogP contribution in [0.1, 0.15) is 58.8 Å². The third kappa shape index (κ3) is 3.19. The topological polar surface area (TPSA) is 141 Å². The second-order valence-corrected chi connectivity index (χ2v) is 11.4. The van der Waals surface area contributed by atoms with Gasteiger partial charge < -0.3 is 20.0 Å². The van der Waals surface area contributed by atoms with Gasteiger partial charge in [-0.2, -0.15) is 0 Å². The summed E-state index contributed by atoms with van der Waals surface area (Å²) in [5.74, 6) is -0.522. The number of phosphoric ester groups is 1. The van der Waals surface area contributed by atoms with E-state index in [1.165, 1.54) is 0 Å². The molecule has 0 bridgehead atoms. The highest BCUT2D eigenvalue weighted by Gasteiger charge is 2.68. The first-order valence-electron chi connectivity index (χ1n) is 10.7. The predicted octanol–water partition coefficient (Wildman–Crippen LogP) is 1.90. The highest BCUT2D eigenvalue weighted by molar-refractivity contribution is 7.46. The van der Waals surface area contributed by atoms with Gasteiger partial charge in [-0.15, -0.1) is 0 Å². The van der Waals surface area contributed by atoms with E-state index in [4.69, 9.17) is 9.79 Å². The summed E-state index contributed by atoms with van der Waals surface area (Å²) in [4.78, 5) is 42.6. The first-order valence-corrected chi connectivity index (χ1v) is 12.2. The van der Waals surface area contributed by atoms with Crippen molar-refractivity contribution in [1.82, 2.24) is 0 Å². The van der Waals surface area contributed by atoms with Crippen LogP contribution in [0, 0.1) is 28.6 Å². The molecular formula is C21H31O8P. The number of phosphoric acid groups is 1. The van der Waals surface area contributed by atoms with E-state index in [0.29, 0.717) is 19.3 Å². The monoisotopic (exact) mass is 442 g/mol. The lowest BCUT2D eigenvalue weighted by Crippen LogP contribution is -2.62. The van der Waals surface area contributed by atoms with Crippen LogP contribution in [0.2, 0.25) is 0 Å². The Balaban J connectivity index is 1.64. The zero-order chi connectivity index (χ0) is 22.1. The fourth-order valence-corrected chi connectivity index (χ4v) is 7.70. The SMILES string of the molecule is C[C@@]12CCC(=O)C=C1CC[C@@H]1[C@@H]2[C@@H](O)C[C@]2(C)[C@@H]1CC[C@]2(O)C(=O)COP(=O)(O)O. The lowest BCUT2D eigenvalue weighted by molar-refractivity contribution is -0.182. The fourth-order valence-electron chi connectivity index (χ4n) is 7.41. The van der Waals surface area contributed by atoms with E-state index in [-0.39, 0.29) is 41.8 Å². The summed E-state index contributed by atoms with van der Waals surface area (Å²) < 4.78 is 15.4. The van der Waals surface area contributed by atoms with Crippen LogP contribution >= 0.6 is 7.82 Å². The number of rotatable bonds is 4. The maximum Gasteiger partial charge on any atom is 0.470 e. The number of carbonyl (C=O) groups is 2. The van der Waals surface area contributed by atoms with Gasteiger partial charge in [0.15, 0.2) is 11.6 Å². The van der Waals surface area contributed by atoms with Gasteiger partial charge in [0.25, 0.3) is 0 Å². The summed E-state index contributed by atoms with van der Waals surface area (Å²) in [5.41, 5.74) is -1.84. The second kappa shape index (κ2) is 7.06. The number of ketones is 2. The van der Waals surface area contributed by atoms with E-state index >= 15 is 0 Å². The molecule has 3 fully saturated rings. The normalized spacial score (nSPS) is 45.9. The van der Waals surface area contributed by atoms with Crippen molar-refractivity contribution in [3.8, 4) is 0 Å². The highest BCUT2D eigenvalue weighted by atomic mass is 31.2. The van der Waals surface area contributed by atoms with Crippen LogP contribution in [-0.2, 0) is 18.7 Å². The molecule has 0 amide bonds. The minimum atomic E-state index is -4.83. The van der Waals surface area contributed by atoms with Gasteiger partial charge in [0, 0.05) is 11.8 Å².